The van der Waals surface area contributed by atoms with E-state index in [1.165, 1.54) is 28.8 Å². The molecule has 3 aromatic rings. The molecule has 1 N–H and O–H groups in total. The number of hydrogen-bond acceptors (Lipinski definition) is 5. The van der Waals surface area contributed by atoms with E-state index in [1.54, 1.807) is 17.5 Å². The van der Waals surface area contributed by atoms with Crippen molar-refractivity contribution in [3.05, 3.63) is 74.9 Å². The minimum absolute atomic E-state index is 0.0112. The average Bonchev–Trinajstić information content (AvgIpc) is 3.26. The van der Waals surface area contributed by atoms with Crippen LogP contribution in [0.25, 0.3) is 0 Å². The molecule has 150 valence electrons. The summed E-state index contributed by atoms with van der Waals surface area (Å²) in [5.41, 5.74) is 4.11. The topological polar surface area (TPSA) is 54.9 Å². The van der Waals surface area contributed by atoms with Crippen LogP contribution in [0.4, 0.5) is 5.82 Å². The number of nitrogens with zero attached hydrogens (tertiary/aromatic N) is 2. The summed E-state index contributed by atoms with van der Waals surface area (Å²) in [6.07, 6.45) is 7.47. The fraction of sp³-hybridized carbons (Fsp3) is 0.375. The van der Waals surface area contributed by atoms with Gasteiger partial charge in [0.25, 0.3) is 0 Å². The van der Waals surface area contributed by atoms with Crippen LogP contribution >= 0.6 is 11.3 Å². The number of hydrogen-bond donors (Lipinski definition) is 1. The summed E-state index contributed by atoms with van der Waals surface area (Å²) >= 11 is 1.58. The fourth-order valence-corrected chi connectivity index (χ4v) is 5.31. The van der Waals surface area contributed by atoms with Gasteiger partial charge in [-0.1, -0.05) is 36.8 Å². The Labute approximate surface area is 176 Å². The van der Waals surface area contributed by atoms with Crippen molar-refractivity contribution in [3.8, 4) is 0 Å². The van der Waals surface area contributed by atoms with E-state index in [-0.39, 0.29) is 5.78 Å². The Balaban J connectivity index is 1.56. The van der Waals surface area contributed by atoms with Gasteiger partial charge in [-0.05, 0) is 56.2 Å². The summed E-state index contributed by atoms with van der Waals surface area (Å²) < 4.78 is 0. The Morgan fingerprint density at radius 2 is 2.10 bits per heavy atom. The molecular formula is C24H27N3OS. The van der Waals surface area contributed by atoms with Crippen LogP contribution in [-0.2, 0) is 6.42 Å². The lowest BCUT2D eigenvalue weighted by Gasteiger charge is -2.15. The maximum Gasteiger partial charge on any atom is 0.208 e. The number of thiophene rings is 1. The van der Waals surface area contributed by atoms with Crippen molar-refractivity contribution in [1.29, 1.82) is 0 Å². The molecule has 1 aromatic carbocycles. The molecule has 2 aromatic heterocycles. The van der Waals surface area contributed by atoms with Crippen LogP contribution in [0, 0.1) is 19.8 Å². The Morgan fingerprint density at radius 3 is 2.86 bits per heavy atom. The molecule has 0 saturated heterocycles. The number of rotatable bonds is 6. The number of carbonyl (C=O) groups is 1. The lowest BCUT2D eigenvalue weighted by molar-refractivity contribution is 0.104. The van der Waals surface area contributed by atoms with Crippen molar-refractivity contribution in [2.45, 2.75) is 52.5 Å². The molecule has 2 atom stereocenters. The van der Waals surface area contributed by atoms with Gasteiger partial charge in [0.15, 0.2) is 0 Å². The number of ketones is 1. The van der Waals surface area contributed by atoms with Gasteiger partial charge in [-0.2, -0.15) is 0 Å². The third-order valence-corrected chi connectivity index (χ3v) is 6.86. The highest BCUT2D eigenvalue weighted by Gasteiger charge is 2.25. The maximum atomic E-state index is 13.3. The number of aromatic nitrogens is 2. The molecular weight excluding hydrogens is 378 g/mol. The van der Waals surface area contributed by atoms with Crippen molar-refractivity contribution < 1.29 is 4.79 Å². The molecule has 0 radical (unpaired) electrons. The molecule has 0 amide bonds. The van der Waals surface area contributed by atoms with E-state index in [2.05, 4.69) is 59.5 Å². The lowest BCUT2D eigenvalue weighted by Crippen LogP contribution is -2.19. The number of aryl methyl sites for hydroxylation is 2. The van der Waals surface area contributed by atoms with Gasteiger partial charge in [0.2, 0.25) is 5.78 Å². The van der Waals surface area contributed by atoms with Gasteiger partial charge in [-0.3, -0.25) is 4.79 Å². The van der Waals surface area contributed by atoms with Gasteiger partial charge < -0.3 is 5.32 Å². The first-order valence-corrected chi connectivity index (χ1v) is 11.1. The van der Waals surface area contributed by atoms with E-state index in [0.29, 0.717) is 17.4 Å². The van der Waals surface area contributed by atoms with Crippen LogP contribution in [-0.4, -0.2) is 21.8 Å². The summed E-state index contributed by atoms with van der Waals surface area (Å²) in [6.45, 7) is 6.39. The fourth-order valence-electron chi connectivity index (χ4n) is 4.15. The largest absolute Gasteiger partial charge is 0.367 e. The second kappa shape index (κ2) is 8.46. The van der Waals surface area contributed by atoms with Gasteiger partial charge in [0.1, 0.15) is 12.1 Å². The van der Waals surface area contributed by atoms with Gasteiger partial charge in [-0.15, -0.1) is 11.3 Å². The van der Waals surface area contributed by atoms with E-state index in [0.717, 1.165) is 35.6 Å². The summed E-state index contributed by atoms with van der Waals surface area (Å²) in [5, 5.41) is 3.50. The summed E-state index contributed by atoms with van der Waals surface area (Å²) in [7, 11) is 0. The molecule has 1 fully saturated rings. The highest BCUT2D eigenvalue weighted by atomic mass is 32.1. The molecule has 0 spiro atoms. The summed E-state index contributed by atoms with van der Waals surface area (Å²) in [5.74, 6) is 1.39. The maximum absolute atomic E-state index is 13.3. The summed E-state index contributed by atoms with van der Waals surface area (Å²) in [6, 6.07) is 11.0. The van der Waals surface area contributed by atoms with Crippen LogP contribution in [0.15, 0.2) is 42.9 Å². The molecule has 2 heterocycles. The molecule has 5 heteroatoms. The van der Waals surface area contributed by atoms with E-state index >= 15 is 0 Å². The highest BCUT2D eigenvalue weighted by molar-refractivity contribution is 7.14. The van der Waals surface area contributed by atoms with Crippen LogP contribution in [0.1, 0.15) is 63.0 Å². The molecule has 4 nitrogen and oxygen atoms in total. The Morgan fingerprint density at radius 1 is 1.24 bits per heavy atom. The monoisotopic (exact) mass is 405 g/mol. The first-order chi connectivity index (χ1) is 14.0. The predicted octanol–water partition coefficient (Wildman–Crippen LogP) is 5.58. The van der Waals surface area contributed by atoms with Crippen LogP contribution in [0.5, 0.6) is 0 Å². The first-order valence-electron chi connectivity index (χ1n) is 10.3. The van der Waals surface area contributed by atoms with Crippen molar-refractivity contribution in [2.75, 3.05) is 5.32 Å². The normalized spacial score (nSPS) is 18.7. The van der Waals surface area contributed by atoms with E-state index in [1.807, 2.05) is 6.92 Å². The second-order valence-corrected chi connectivity index (χ2v) is 9.40. The predicted molar refractivity (Wildman–Crippen MR) is 119 cm³/mol. The van der Waals surface area contributed by atoms with Crippen molar-refractivity contribution in [1.82, 2.24) is 9.97 Å². The lowest BCUT2D eigenvalue weighted by atomic mass is 10.1. The van der Waals surface area contributed by atoms with E-state index in [9.17, 15) is 4.79 Å². The van der Waals surface area contributed by atoms with Gasteiger partial charge in [0, 0.05) is 23.5 Å². The molecule has 4 rings (SSSR count). The van der Waals surface area contributed by atoms with Crippen LogP contribution in [0.3, 0.4) is 0 Å². The Hall–Kier alpha value is -2.53. The van der Waals surface area contributed by atoms with Gasteiger partial charge in [0.05, 0.1) is 10.4 Å². The smallest absolute Gasteiger partial charge is 0.208 e. The zero-order valence-corrected chi connectivity index (χ0v) is 18.1. The minimum Gasteiger partial charge on any atom is -0.367 e. The Kier molecular flexibility index (Phi) is 5.76. The van der Waals surface area contributed by atoms with Gasteiger partial charge in [-0.25, -0.2) is 9.97 Å². The minimum atomic E-state index is 0.0112. The van der Waals surface area contributed by atoms with Crippen molar-refractivity contribution in [3.63, 3.8) is 0 Å². The van der Waals surface area contributed by atoms with Crippen molar-refractivity contribution >= 4 is 22.9 Å². The van der Waals surface area contributed by atoms with Crippen molar-refractivity contribution in [2.24, 2.45) is 5.92 Å². The van der Waals surface area contributed by atoms with E-state index < -0.39 is 0 Å². The molecule has 29 heavy (non-hydrogen) atoms. The number of anilines is 1. The number of carbonyl (C=O) groups excluding carboxylic acids is 1. The van der Waals surface area contributed by atoms with Crippen LogP contribution in [0.2, 0.25) is 0 Å². The Bertz CT molecular complexity index is 1030. The molecule has 1 aliphatic carbocycles. The molecule has 1 saturated carbocycles. The zero-order valence-electron chi connectivity index (χ0n) is 17.2. The first kappa shape index (κ1) is 19.8. The number of nitrogens with one attached hydrogen (secondary N) is 1. The number of benzene rings is 1. The highest BCUT2D eigenvalue weighted by Crippen LogP contribution is 2.31. The van der Waals surface area contributed by atoms with E-state index in [4.69, 9.17) is 0 Å². The second-order valence-electron chi connectivity index (χ2n) is 8.26. The zero-order chi connectivity index (χ0) is 20.4. The third kappa shape index (κ3) is 4.56. The van der Waals surface area contributed by atoms with Crippen LogP contribution < -0.4 is 5.32 Å². The standard InChI is InChI=1S/C24H27N3OS/c1-15-5-4-6-18(9-15)12-20-11-17(3)23(29-20)22(28)21-13-25-14-26-24(21)27-19-8-7-16(2)10-19/h4-6,9,11,13-14,16,19H,7-8,10,12H2,1-3H3,(H,25,26,27). The molecule has 0 bridgehead atoms. The average molecular weight is 406 g/mol. The summed E-state index contributed by atoms with van der Waals surface area (Å²) in [4.78, 5) is 23.8. The SMILES string of the molecule is Cc1cccc(Cc2cc(C)c(C(=O)c3cncnc3NC3CCC(C)C3)s2)c1. The quantitative estimate of drug-likeness (QED) is 0.544. The van der Waals surface area contributed by atoms with Gasteiger partial charge >= 0.3 is 0 Å². The molecule has 1 aliphatic rings. The molecule has 0 aliphatic heterocycles. The third-order valence-electron chi connectivity index (χ3n) is 5.63. The molecule has 2 unspecified atom stereocenters.